The lowest BCUT2D eigenvalue weighted by Gasteiger charge is -2.19. The van der Waals surface area contributed by atoms with E-state index in [1.807, 2.05) is 0 Å². The average Bonchev–Trinajstić information content (AvgIpc) is 2.41. The van der Waals surface area contributed by atoms with Crippen LogP contribution in [0.3, 0.4) is 0 Å². The van der Waals surface area contributed by atoms with Crippen LogP contribution in [0.5, 0.6) is 0 Å². The van der Waals surface area contributed by atoms with Gasteiger partial charge in [-0.3, -0.25) is 14.4 Å². The monoisotopic (exact) mass is 396 g/mol. The number of fused-ring (bicyclic) bond motifs is 1. The maximum absolute atomic E-state index is 12.5. The van der Waals surface area contributed by atoms with Gasteiger partial charge in [-0.15, -0.1) is 0 Å². The molecular formula is C16H17BrN2O5. The Bertz CT molecular complexity index is 867. The summed E-state index contributed by atoms with van der Waals surface area (Å²) in [5.74, 6) is -1.69. The van der Waals surface area contributed by atoms with Gasteiger partial charge < -0.3 is 9.84 Å². The van der Waals surface area contributed by atoms with Gasteiger partial charge in [-0.05, 0) is 39.0 Å². The molecule has 2 aromatic rings. The predicted molar refractivity (Wildman–Crippen MR) is 90.9 cm³/mol. The Morgan fingerprint density at radius 1 is 1.29 bits per heavy atom. The number of hydrogen-bond acceptors (Lipinski definition) is 5. The largest absolute Gasteiger partial charge is 0.481 e. The highest BCUT2D eigenvalue weighted by Gasteiger charge is 2.19. The molecule has 0 amide bonds. The first-order valence-electron chi connectivity index (χ1n) is 7.20. The smallest absolute Gasteiger partial charge is 0.328 e. The number of carboxylic acids is 1. The van der Waals surface area contributed by atoms with Gasteiger partial charge in [0.1, 0.15) is 12.1 Å². The molecule has 0 unspecified atom stereocenters. The molecule has 1 N–H and O–H groups in total. The van der Waals surface area contributed by atoms with Crippen molar-refractivity contribution in [3.63, 3.8) is 0 Å². The second kappa shape index (κ2) is 6.72. The second-order valence-electron chi connectivity index (χ2n) is 6.26. The number of carbonyl (C=O) groups is 2. The molecule has 1 aromatic heterocycles. The van der Waals surface area contributed by atoms with Crippen molar-refractivity contribution in [2.24, 2.45) is 0 Å². The molecule has 128 valence electrons. The van der Waals surface area contributed by atoms with Gasteiger partial charge in [0.15, 0.2) is 0 Å². The quantitative estimate of drug-likeness (QED) is 0.794. The summed E-state index contributed by atoms with van der Waals surface area (Å²) >= 11 is 3.29. The van der Waals surface area contributed by atoms with Crippen LogP contribution >= 0.6 is 15.9 Å². The van der Waals surface area contributed by atoms with E-state index in [0.29, 0.717) is 15.2 Å². The van der Waals surface area contributed by atoms with Gasteiger partial charge in [-0.1, -0.05) is 15.9 Å². The summed E-state index contributed by atoms with van der Waals surface area (Å²) in [6.07, 6.45) is -0.360. The summed E-state index contributed by atoms with van der Waals surface area (Å²) in [5, 5.41) is 13.9. The number of carbonyl (C=O) groups excluding carboxylic acids is 1. The van der Waals surface area contributed by atoms with Crippen molar-refractivity contribution in [1.82, 2.24) is 9.78 Å². The van der Waals surface area contributed by atoms with Crippen LogP contribution in [0.4, 0.5) is 0 Å². The van der Waals surface area contributed by atoms with Crippen LogP contribution in [0, 0.1) is 0 Å². The zero-order valence-corrected chi connectivity index (χ0v) is 15.1. The number of aliphatic carboxylic acids is 1. The Morgan fingerprint density at radius 3 is 2.54 bits per heavy atom. The van der Waals surface area contributed by atoms with Gasteiger partial charge in [0, 0.05) is 9.86 Å². The van der Waals surface area contributed by atoms with Crippen LogP contribution in [-0.2, 0) is 27.3 Å². The molecule has 24 heavy (non-hydrogen) atoms. The minimum absolute atomic E-state index is 0.210. The summed E-state index contributed by atoms with van der Waals surface area (Å²) in [5.41, 5.74) is -0.953. The van der Waals surface area contributed by atoms with Crippen LogP contribution < -0.4 is 5.56 Å². The molecule has 0 radical (unpaired) electrons. The van der Waals surface area contributed by atoms with E-state index in [2.05, 4.69) is 21.0 Å². The molecule has 1 heterocycles. The lowest BCUT2D eigenvalue weighted by atomic mass is 10.1. The first-order valence-corrected chi connectivity index (χ1v) is 7.99. The van der Waals surface area contributed by atoms with Crippen molar-refractivity contribution in [3.8, 4) is 0 Å². The Labute approximate surface area is 146 Å². The molecule has 0 bridgehead atoms. The number of aromatic nitrogens is 2. The number of ether oxygens (including phenoxy) is 1. The van der Waals surface area contributed by atoms with E-state index in [4.69, 9.17) is 9.84 Å². The average molecular weight is 397 g/mol. The standard InChI is InChI=1S/C16H17BrN2O5/c1-16(2,3)24-14(22)8-19-15(23)10-5-4-9(17)6-11(10)12(18-19)7-13(20)21/h4-6H,7-8H2,1-3H3,(H,20,21). The second-order valence-corrected chi connectivity index (χ2v) is 7.17. The molecule has 1 aromatic carbocycles. The Hall–Kier alpha value is -2.22. The highest BCUT2D eigenvalue weighted by Crippen LogP contribution is 2.20. The van der Waals surface area contributed by atoms with E-state index in [0.717, 1.165) is 4.68 Å². The van der Waals surface area contributed by atoms with Gasteiger partial charge in [0.2, 0.25) is 0 Å². The normalized spacial score (nSPS) is 11.5. The first kappa shape index (κ1) is 18.1. The van der Waals surface area contributed by atoms with Gasteiger partial charge in [-0.2, -0.15) is 5.10 Å². The number of esters is 1. The van der Waals surface area contributed by atoms with Crippen molar-refractivity contribution >= 4 is 38.6 Å². The third-order valence-corrected chi connectivity index (χ3v) is 3.51. The maximum Gasteiger partial charge on any atom is 0.328 e. The minimum Gasteiger partial charge on any atom is -0.481 e. The van der Waals surface area contributed by atoms with Crippen molar-refractivity contribution < 1.29 is 19.4 Å². The molecular weight excluding hydrogens is 380 g/mol. The Kier molecular flexibility index (Phi) is 5.08. The highest BCUT2D eigenvalue weighted by molar-refractivity contribution is 9.10. The number of rotatable bonds is 4. The number of hydrogen-bond donors (Lipinski definition) is 1. The van der Waals surface area contributed by atoms with Gasteiger partial charge in [-0.25, -0.2) is 4.68 Å². The number of carboxylic acid groups (broad SMARTS) is 1. The lowest BCUT2D eigenvalue weighted by molar-refractivity contribution is -0.155. The van der Waals surface area contributed by atoms with Crippen LogP contribution in [-0.4, -0.2) is 32.4 Å². The SMILES string of the molecule is CC(C)(C)OC(=O)Cn1nc(CC(=O)O)c2cc(Br)ccc2c1=O. The van der Waals surface area contributed by atoms with E-state index in [-0.39, 0.29) is 18.7 Å². The lowest BCUT2D eigenvalue weighted by Crippen LogP contribution is -2.32. The number of nitrogens with zero attached hydrogens (tertiary/aromatic N) is 2. The van der Waals surface area contributed by atoms with Crippen LogP contribution in [0.1, 0.15) is 26.5 Å². The molecule has 0 aliphatic heterocycles. The third-order valence-electron chi connectivity index (χ3n) is 3.02. The topological polar surface area (TPSA) is 98.5 Å². The summed E-state index contributed by atoms with van der Waals surface area (Å²) in [6.45, 7) is 4.77. The van der Waals surface area contributed by atoms with E-state index in [9.17, 15) is 14.4 Å². The Morgan fingerprint density at radius 2 is 1.96 bits per heavy atom. The fourth-order valence-electron chi connectivity index (χ4n) is 2.20. The highest BCUT2D eigenvalue weighted by atomic mass is 79.9. The van der Waals surface area contributed by atoms with Crippen molar-refractivity contribution in [3.05, 3.63) is 38.7 Å². The predicted octanol–water partition coefficient (Wildman–Crippen LogP) is 2.13. The molecule has 7 nitrogen and oxygen atoms in total. The fourth-order valence-corrected chi connectivity index (χ4v) is 2.56. The first-order chi connectivity index (χ1) is 11.1. The van der Waals surface area contributed by atoms with Gasteiger partial charge >= 0.3 is 11.9 Å². The third kappa shape index (κ3) is 4.41. The molecule has 0 spiro atoms. The van der Waals surface area contributed by atoms with E-state index >= 15 is 0 Å². The maximum atomic E-state index is 12.5. The summed E-state index contributed by atoms with van der Waals surface area (Å²) in [4.78, 5) is 35.5. The molecule has 2 rings (SSSR count). The molecule has 8 heteroatoms. The molecule has 0 saturated carbocycles. The molecule has 0 atom stereocenters. The van der Waals surface area contributed by atoms with Crippen molar-refractivity contribution in [2.75, 3.05) is 0 Å². The number of benzene rings is 1. The molecule has 0 fully saturated rings. The van der Waals surface area contributed by atoms with Gasteiger partial charge in [0.25, 0.3) is 5.56 Å². The van der Waals surface area contributed by atoms with E-state index in [1.165, 1.54) is 0 Å². The summed E-state index contributed by atoms with van der Waals surface area (Å²) in [6, 6.07) is 4.88. The zero-order chi connectivity index (χ0) is 18.1. The van der Waals surface area contributed by atoms with Crippen LogP contribution in [0.25, 0.3) is 10.8 Å². The fraction of sp³-hybridized carbons (Fsp3) is 0.375. The van der Waals surface area contributed by atoms with Gasteiger partial charge in [0.05, 0.1) is 17.5 Å². The summed E-state index contributed by atoms with van der Waals surface area (Å²) < 4.78 is 6.83. The van der Waals surface area contributed by atoms with E-state index in [1.54, 1.807) is 39.0 Å². The molecule has 0 aliphatic rings. The Balaban J connectivity index is 2.53. The van der Waals surface area contributed by atoms with E-state index < -0.39 is 23.1 Å². The molecule has 0 saturated heterocycles. The minimum atomic E-state index is -1.08. The number of halogens is 1. The zero-order valence-electron chi connectivity index (χ0n) is 13.5. The van der Waals surface area contributed by atoms with Crippen LogP contribution in [0.2, 0.25) is 0 Å². The van der Waals surface area contributed by atoms with Crippen molar-refractivity contribution in [2.45, 2.75) is 39.3 Å². The molecule has 0 aliphatic carbocycles. The van der Waals surface area contributed by atoms with Crippen LogP contribution in [0.15, 0.2) is 27.5 Å². The van der Waals surface area contributed by atoms with Crippen molar-refractivity contribution in [1.29, 1.82) is 0 Å². The summed E-state index contributed by atoms with van der Waals surface area (Å²) in [7, 11) is 0.